The Morgan fingerprint density at radius 2 is 1.88 bits per heavy atom. The van der Waals surface area contributed by atoms with Crippen LogP contribution in [0.25, 0.3) is 0 Å². The van der Waals surface area contributed by atoms with Crippen LogP contribution in [-0.4, -0.2) is 6.04 Å². The summed E-state index contributed by atoms with van der Waals surface area (Å²) in [6.45, 7) is 9.01. The summed E-state index contributed by atoms with van der Waals surface area (Å²) in [6.07, 6.45) is 9.90. The van der Waals surface area contributed by atoms with Crippen LogP contribution in [0, 0.1) is 0 Å². The first-order valence-corrected chi connectivity index (χ1v) is 9.08. The van der Waals surface area contributed by atoms with E-state index < -0.39 is 0 Å². The van der Waals surface area contributed by atoms with E-state index in [2.05, 4.69) is 75.5 Å². The summed E-state index contributed by atoms with van der Waals surface area (Å²) in [5, 5.41) is 3.79. The highest BCUT2D eigenvalue weighted by atomic mass is 15.0. The lowest BCUT2D eigenvalue weighted by molar-refractivity contribution is 0.492. The normalized spacial score (nSPS) is 22.2. The van der Waals surface area contributed by atoms with E-state index in [-0.39, 0.29) is 5.41 Å². The molecule has 0 fully saturated rings. The highest BCUT2D eigenvalue weighted by Crippen LogP contribution is 2.32. The molecule has 3 N–H and O–H groups in total. The standard InChI is InChI=1S/C22H30N2/c1-15(16-11-13-18(14-12-16)22(2,3)4)24-20-10-6-8-17-7-5-9-19(23)21(17)20/h6,8-9,11-15,20,24H,5,7,10,23H2,1-4H3. The van der Waals surface area contributed by atoms with Gasteiger partial charge >= 0.3 is 0 Å². The molecule has 0 bridgehead atoms. The summed E-state index contributed by atoms with van der Waals surface area (Å²) >= 11 is 0. The maximum Gasteiger partial charge on any atom is 0.0383 e. The molecule has 2 heteroatoms. The Hall–Kier alpha value is -1.80. The number of hydrogen-bond acceptors (Lipinski definition) is 2. The number of hydrogen-bond donors (Lipinski definition) is 2. The molecule has 0 aliphatic heterocycles. The first kappa shape index (κ1) is 17.0. The van der Waals surface area contributed by atoms with Gasteiger partial charge in [-0.25, -0.2) is 0 Å². The zero-order valence-corrected chi connectivity index (χ0v) is 15.4. The molecular formula is C22H30N2. The first-order valence-electron chi connectivity index (χ1n) is 9.08. The van der Waals surface area contributed by atoms with E-state index >= 15 is 0 Å². The Bertz CT molecular complexity index is 684. The van der Waals surface area contributed by atoms with E-state index in [1.807, 2.05) is 0 Å². The lowest BCUT2D eigenvalue weighted by Gasteiger charge is -2.31. The molecule has 0 spiro atoms. The second kappa shape index (κ2) is 6.60. The van der Waals surface area contributed by atoms with Gasteiger partial charge in [-0.2, -0.15) is 0 Å². The molecule has 0 saturated heterocycles. The molecule has 0 radical (unpaired) electrons. The number of rotatable bonds is 3. The van der Waals surface area contributed by atoms with Crippen LogP contribution >= 0.6 is 0 Å². The predicted molar refractivity (Wildman–Crippen MR) is 103 cm³/mol. The van der Waals surface area contributed by atoms with Crippen LogP contribution in [0.3, 0.4) is 0 Å². The highest BCUT2D eigenvalue weighted by molar-refractivity contribution is 5.47. The Kier molecular flexibility index (Phi) is 4.69. The second-order valence-corrected chi connectivity index (χ2v) is 8.09. The van der Waals surface area contributed by atoms with Crippen LogP contribution in [0.2, 0.25) is 0 Å². The quantitative estimate of drug-likeness (QED) is 0.831. The molecular weight excluding hydrogens is 292 g/mol. The van der Waals surface area contributed by atoms with E-state index in [0.29, 0.717) is 12.1 Å². The Morgan fingerprint density at radius 3 is 2.54 bits per heavy atom. The van der Waals surface area contributed by atoms with Gasteiger partial charge in [-0.1, -0.05) is 63.3 Å². The zero-order chi connectivity index (χ0) is 17.3. The number of benzene rings is 1. The molecule has 2 nitrogen and oxygen atoms in total. The molecule has 24 heavy (non-hydrogen) atoms. The van der Waals surface area contributed by atoms with E-state index in [1.165, 1.54) is 22.3 Å². The number of nitrogens with two attached hydrogens (primary N) is 1. The Balaban J connectivity index is 1.75. The topological polar surface area (TPSA) is 38.0 Å². The van der Waals surface area contributed by atoms with Gasteiger partial charge in [0.2, 0.25) is 0 Å². The molecule has 2 aliphatic rings. The van der Waals surface area contributed by atoms with Gasteiger partial charge in [0.15, 0.2) is 0 Å². The van der Waals surface area contributed by atoms with Crippen molar-refractivity contribution < 1.29 is 0 Å². The molecule has 2 atom stereocenters. The van der Waals surface area contributed by atoms with Gasteiger partial charge in [-0.15, -0.1) is 0 Å². The molecule has 0 saturated carbocycles. The molecule has 1 aromatic rings. The lowest BCUT2D eigenvalue weighted by atomic mass is 9.84. The third-order valence-corrected chi connectivity index (χ3v) is 5.20. The number of nitrogens with one attached hydrogen (secondary N) is 1. The lowest BCUT2D eigenvalue weighted by Crippen LogP contribution is -2.37. The minimum Gasteiger partial charge on any atom is -0.399 e. The summed E-state index contributed by atoms with van der Waals surface area (Å²) in [4.78, 5) is 0. The maximum absolute atomic E-state index is 6.29. The van der Waals surface area contributed by atoms with Crippen LogP contribution in [0.15, 0.2) is 59.3 Å². The zero-order valence-electron chi connectivity index (χ0n) is 15.4. The van der Waals surface area contributed by atoms with Gasteiger partial charge in [0.1, 0.15) is 0 Å². The summed E-state index contributed by atoms with van der Waals surface area (Å²) in [5.41, 5.74) is 12.9. The van der Waals surface area contributed by atoms with Crippen molar-refractivity contribution in [2.24, 2.45) is 5.73 Å². The van der Waals surface area contributed by atoms with Crippen LogP contribution < -0.4 is 11.1 Å². The third kappa shape index (κ3) is 3.49. The largest absolute Gasteiger partial charge is 0.399 e. The van der Waals surface area contributed by atoms with Crippen molar-refractivity contribution in [2.75, 3.05) is 0 Å². The molecule has 0 heterocycles. The number of allylic oxidation sites excluding steroid dienone is 3. The smallest absolute Gasteiger partial charge is 0.0383 e. The molecule has 1 aromatic carbocycles. The van der Waals surface area contributed by atoms with Gasteiger partial charge in [-0.3, -0.25) is 0 Å². The van der Waals surface area contributed by atoms with Gasteiger partial charge in [0, 0.05) is 17.8 Å². The van der Waals surface area contributed by atoms with Gasteiger partial charge < -0.3 is 11.1 Å². The van der Waals surface area contributed by atoms with E-state index in [4.69, 9.17) is 5.73 Å². The van der Waals surface area contributed by atoms with E-state index in [1.54, 1.807) is 0 Å². The predicted octanol–water partition coefficient (Wildman–Crippen LogP) is 4.90. The molecule has 2 unspecified atom stereocenters. The fourth-order valence-corrected chi connectivity index (χ4v) is 3.70. The summed E-state index contributed by atoms with van der Waals surface area (Å²) in [7, 11) is 0. The van der Waals surface area contributed by atoms with Gasteiger partial charge in [0.25, 0.3) is 0 Å². The molecule has 128 valence electrons. The highest BCUT2D eigenvalue weighted by Gasteiger charge is 2.25. The van der Waals surface area contributed by atoms with Crippen molar-refractivity contribution in [1.82, 2.24) is 5.32 Å². The maximum atomic E-state index is 6.29. The van der Waals surface area contributed by atoms with Crippen molar-refractivity contribution in [2.45, 2.75) is 64.5 Å². The Morgan fingerprint density at radius 1 is 1.17 bits per heavy atom. The average Bonchev–Trinajstić information content (AvgIpc) is 2.54. The van der Waals surface area contributed by atoms with Crippen molar-refractivity contribution in [3.63, 3.8) is 0 Å². The van der Waals surface area contributed by atoms with Gasteiger partial charge in [0.05, 0.1) is 0 Å². The fraction of sp³-hybridized carbons (Fsp3) is 0.455. The summed E-state index contributed by atoms with van der Waals surface area (Å²) < 4.78 is 0. The van der Waals surface area contributed by atoms with E-state index in [9.17, 15) is 0 Å². The van der Waals surface area contributed by atoms with Gasteiger partial charge in [-0.05, 0) is 53.9 Å². The van der Waals surface area contributed by atoms with Crippen LogP contribution in [0.4, 0.5) is 0 Å². The van der Waals surface area contributed by atoms with Crippen molar-refractivity contribution in [1.29, 1.82) is 0 Å². The van der Waals surface area contributed by atoms with Crippen LogP contribution in [-0.2, 0) is 5.41 Å². The Labute approximate surface area is 146 Å². The SMILES string of the molecule is CC(NC1CC=CC2=C1C(N)=CCC2)c1ccc(C(C)(C)C)cc1. The average molecular weight is 322 g/mol. The minimum absolute atomic E-state index is 0.199. The van der Waals surface area contributed by atoms with Crippen molar-refractivity contribution in [3.8, 4) is 0 Å². The summed E-state index contributed by atoms with van der Waals surface area (Å²) in [6, 6.07) is 9.65. The van der Waals surface area contributed by atoms with Crippen molar-refractivity contribution >= 4 is 0 Å². The summed E-state index contributed by atoms with van der Waals surface area (Å²) in [5.74, 6) is 0. The molecule has 2 aliphatic carbocycles. The molecule has 0 amide bonds. The molecule has 3 rings (SSSR count). The third-order valence-electron chi connectivity index (χ3n) is 5.20. The first-order chi connectivity index (χ1) is 11.4. The van der Waals surface area contributed by atoms with Crippen LogP contribution in [0.5, 0.6) is 0 Å². The fourth-order valence-electron chi connectivity index (χ4n) is 3.70. The van der Waals surface area contributed by atoms with E-state index in [0.717, 1.165) is 25.0 Å². The van der Waals surface area contributed by atoms with Crippen molar-refractivity contribution in [3.05, 3.63) is 70.5 Å². The second-order valence-electron chi connectivity index (χ2n) is 8.09. The molecule has 0 aromatic heterocycles. The minimum atomic E-state index is 0.199. The van der Waals surface area contributed by atoms with Crippen LogP contribution in [0.1, 0.15) is 64.1 Å². The monoisotopic (exact) mass is 322 g/mol.